The topological polar surface area (TPSA) is 210 Å². The molecule has 1 saturated heterocycles. The highest BCUT2D eigenvalue weighted by Crippen LogP contribution is 2.60. The van der Waals surface area contributed by atoms with E-state index in [9.17, 15) is 48.2 Å². The summed E-state index contributed by atoms with van der Waals surface area (Å²) in [6.45, 7) is 2.31. The number of aromatic carboxylic acids is 1. The Hall–Kier alpha value is -3.62. The van der Waals surface area contributed by atoms with E-state index >= 15 is 4.39 Å². The summed E-state index contributed by atoms with van der Waals surface area (Å²) in [6.07, 6.45) is -0.786. The monoisotopic (exact) mass is 642 g/mol. The normalized spacial score (nSPS) is 14.7. The first kappa shape index (κ1) is 32.3. The fourth-order valence-electron chi connectivity index (χ4n) is 4.60. The molecule has 232 valence electrons. The molecule has 0 saturated carbocycles. The van der Waals surface area contributed by atoms with Crippen LogP contribution in [0.25, 0.3) is 10.9 Å². The highest BCUT2D eigenvalue weighted by atomic mass is 31.2. The van der Waals surface area contributed by atoms with E-state index in [1.807, 2.05) is 7.05 Å². The molecule has 0 bridgehead atoms. The first-order valence-electron chi connectivity index (χ1n) is 12.7. The van der Waals surface area contributed by atoms with Crippen molar-refractivity contribution in [2.24, 2.45) is 0 Å². The second-order valence-electron chi connectivity index (χ2n) is 10.0. The van der Waals surface area contributed by atoms with Gasteiger partial charge in [0.05, 0.1) is 16.6 Å². The lowest BCUT2D eigenvalue weighted by atomic mass is 10.1. The first-order valence-corrected chi connectivity index (χ1v) is 16.0. The van der Waals surface area contributed by atoms with Crippen LogP contribution in [0.5, 0.6) is 5.75 Å². The van der Waals surface area contributed by atoms with Crippen molar-refractivity contribution in [2.75, 3.05) is 50.2 Å². The van der Waals surface area contributed by atoms with Crippen LogP contribution < -0.4 is 20.1 Å². The number of pyridine rings is 1. The van der Waals surface area contributed by atoms with Gasteiger partial charge in [-0.05, 0) is 43.3 Å². The van der Waals surface area contributed by atoms with Gasteiger partial charge in [0.2, 0.25) is 5.43 Å². The van der Waals surface area contributed by atoms with E-state index in [0.717, 1.165) is 21.9 Å². The fourth-order valence-corrected chi connectivity index (χ4v) is 7.07. The van der Waals surface area contributed by atoms with Gasteiger partial charge in [-0.1, -0.05) is 12.1 Å². The number of aromatic nitrogens is 1. The molecule has 2 heterocycles. The molecule has 18 heteroatoms. The summed E-state index contributed by atoms with van der Waals surface area (Å²) >= 11 is 0. The predicted octanol–water partition coefficient (Wildman–Crippen LogP) is 1.58. The maximum atomic E-state index is 15.2. The number of anilines is 1. The van der Waals surface area contributed by atoms with Crippen LogP contribution in [0.2, 0.25) is 0 Å². The number of halogens is 1. The number of piperazine rings is 1. The van der Waals surface area contributed by atoms with Crippen LogP contribution in [-0.2, 0) is 15.6 Å². The van der Waals surface area contributed by atoms with E-state index in [2.05, 4.69) is 4.90 Å². The Kier molecular flexibility index (Phi) is 9.14. The Labute approximate surface area is 243 Å². The van der Waals surface area contributed by atoms with Crippen molar-refractivity contribution in [1.29, 1.82) is 0 Å². The van der Waals surface area contributed by atoms with Crippen LogP contribution in [-0.4, -0.2) is 92.0 Å². The SMILES string of the molecule is CN1CCN(c2cc3c(cc2F)c(=O)c(C(=O)O)cn3N(C)C(=O)Oc2ccc(CC(P(=O)(O)O)P(=O)(O)O)cc2)CC1. The smallest absolute Gasteiger partial charge is 0.434 e. The molecule has 43 heavy (non-hydrogen) atoms. The van der Waals surface area contributed by atoms with Gasteiger partial charge in [0, 0.05) is 39.4 Å². The van der Waals surface area contributed by atoms with Crippen LogP contribution in [0.3, 0.4) is 0 Å². The van der Waals surface area contributed by atoms with E-state index < -0.39 is 55.9 Å². The first-order chi connectivity index (χ1) is 20.0. The van der Waals surface area contributed by atoms with Crippen molar-refractivity contribution in [3.63, 3.8) is 0 Å². The predicted molar refractivity (Wildman–Crippen MR) is 153 cm³/mol. The molecule has 1 aromatic heterocycles. The number of nitrogens with zero attached hydrogens (tertiary/aromatic N) is 4. The third-order valence-corrected chi connectivity index (χ3v) is 10.8. The number of carbonyl (C=O) groups excluding carboxylic acids is 1. The highest BCUT2D eigenvalue weighted by molar-refractivity contribution is 7.70. The molecule has 0 radical (unpaired) electrons. The summed E-state index contributed by atoms with van der Waals surface area (Å²) in [6, 6.07) is 7.26. The summed E-state index contributed by atoms with van der Waals surface area (Å²) in [7, 11) is -7.14. The summed E-state index contributed by atoms with van der Waals surface area (Å²) in [4.78, 5) is 79.0. The number of rotatable bonds is 8. The molecule has 1 aliphatic rings. The minimum absolute atomic E-state index is 0.0426. The molecule has 0 atom stereocenters. The molecule has 1 fully saturated rings. The van der Waals surface area contributed by atoms with Crippen LogP contribution in [0.4, 0.5) is 14.9 Å². The number of carbonyl (C=O) groups is 2. The Balaban J connectivity index is 1.65. The Bertz CT molecular complexity index is 1690. The molecule has 4 rings (SSSR count). The number of likely N-dealkylation sites (N-methyl/N-ethyl adjacent to an activating group) is 1. The average Bonchev–Trinajstić information content (AvgIpc) is 2.91. The average molecular weight is 642 g/mol. The molecule has 15 nitrogen and oxygen atoms in total. The lowest BCUT2D eigenvalue weighted by Crippen LogP contribution is -2.45. The number of hydrogen-bond acceptors (Lipinski definition) is 8. The second-order valence-corrected chi connectivity index (χ2v) is 14.0. The molecule has 0 unspecified atom stereocenters. The minimum atomic E-state index is -5.15. The van der Waals surface area contributed by atoms with Crippen molar-refractivity contribution >= 4 is 43.8 Å². The van der Waals surface area contributed by atoms with Gasteiger partial charge < -0.3 is 39.2 Å². The van der Waals surface area contributed by atoms with Gasteiger partial charge >= 0.3 is 27.3 Å². The largest absolute Gasteiger partial charge is 0.477 e. The molecule has 1 amide bonds. The number of benzene rings is 2. The van der Waals surface area contributed by atoms with Crippen molar-refractivity contribution in [2.45, 2.75) is 11.8 Å². The zero-order chi connectivity index (χ0) is 31.9. The van der Waals surface area contributed by atoms with Gasteiger partial charge in [-0.25, -0.2) is 19.0 Å². The van der Waals surface area contributed by atoms with Gasteiger partial charge in [0.1, 0.15) is 17.1 Å². The molecule has 3 aromatic rings. The van der Waals surface area contributed by atoms with Crippen molar-refractivity contribution in [1.82, 2.24) is 9.58 Å². The minimum Gasteiger partial charge on any atom is -0.477 e. The van der Waals surface area contributed by atoms with E-state index in [1.54, 1.807) is 4.90 Å². The second kappa shape index (κ2) is 12.2. The lowest BCUT2D eigenvalue weighted by molar-refractivity contribution is 0.0694. The zero-order valence-electron chi connectivity index (χ0n) is 22.9. The van der Waals surface area contributed by atoms with Crippen LogP contribution in [0.15, 0.2) is 47.4 Å². The maximum absolute atomic E-state index is 15.2. The van der Waals surface area contributed by atoms with Crippen LogP contribution >= 0.6 is 15.2 Å². The van der Waals surface area contributed by atoms with E-state index in [-0.39, 0.29) is 27.9 Å². The Morgan fingerprint density at radius 3 is 2.14 bits per heavy atom. The fraction of sp³-hybridized carbons (Fsp3) is 0.320. The summed E-state index contributed by atoms with van der Waals surface area (Å²) < 4.78 is 44.7. The van der Waals surface area contributed by atoms with Crippen LogP contribution in [0.1, 0.15) is 15.9 Å². The van der Waals surface area contributed by atoms with Crippen LogP contribution in [0, 0.1) is 5.82 Å². The van der Waals surface area contributed by atoms with Crippen molar-refractivity contribution in [3.05, 3.63) is 69.8 Å². The van der Waals surface area contributed by atoms with E-state index in [1.165, 1.54) is 37.4 Å². The van der Waals surface area contributed by atoms with E-state index in [4.69, 9.17) is 4.74 Å². The Morgan fingerprint density at radius 1 is 1.02 bits per heavy atom. The number of carboxylic acid groups (broad SMARTS) is 1. The number of hydrogen-bond donors (Lipinski definition) is 5. The molecular formula is C25H29FN4O11P2. The molecule has 5 N–H and O–H groups in total. The van der Waals surface area contributed by atoms with Crippen molar-refractivity contribution in [3.8, 4) is 5.75 Å². The number of amides is 1. The summed E-state index contributed by atoms with van der Waals surface area (Å²) in [5.41, 5.74) is -1.31. The van der Waals surface area contributed by atoms with Gasteiger partial charge in [-0.2, -0.15) is 0 Å². The van der Waals surface area contributed by atoms with Gasteiger partial charge in [-0.15, -0.1) is 0 Å². The molecule has 0 spiro atoms. The highest BCUT2D eigenvalue weighted by Gasteiger charge is 2.43. The maximum Gasteiger partial charge on any atom is 0.434 e. The molecule has 1 aliphatic heterocycles. The van der Waals surface area contributed by atoms with Crippen molar-refractivity contribution < 1.29 is 52.5 Å². The van der Waals surface area contributed by atoms with Gasteiger partial charge in [0.15, 0.2) is 5.40 Å². The summed E-state index contributed by atoms with van der Waals surface area (Å²) in [5, 5.41) is 7.93. The lowest BCUT2D eigenvalue weighted by Gasteiger charge is -2.34. The zero-order valence-corrected chi connectivity index (χ0v) is 24.7. The van der Waals surface area contributed by atoms with E-state index in [0.29, 0.717) is 26.2 Å². The number of carboxylic acids is 1. The third-order valence-electron chi connectivity index (χ3n) is 7.04. The Morgan fingerprint density at radius 2 is 1.60 bits per heavy atom. The third kappa shape index (κ3) is 7.13. The van der Waals surface area contributed by atoms with Gasteiger partial charge in [0.25, 0.3) is 0 Å². The summed E-state index contributed by atoms with van der Waals surface area (Å²) in [5.74, 6) is -2.39. The quantitative estimate of drug-likeness (QED) is 0.221. The molecule has 0 aliphatic carbocycles. The number of ether oxygens (including phenoxy) is 1. The standard InChI is InChI=1S/C25H29FN4O11P2/c1-27-7-9-29(10-8-27)21-13-20-17(12-19(21)26)23(31)18(24(32)33)14-30(20)28(2)25(34)41-16-5-3-15(4-6-16)11-22(42(35,36)37)43(38,39)40/h3-6,12-14,22H,7-11H2,1-2H3,(H,32,33)(H2,35,36,37)(H2,38,39,40). The molecular weight excluding hydrogens is 613 g/mol. The molecule has 2 aromatic carbocycles. The van der Waals surface area contributed by atoms with Gasteiger partial charge in [-0.3, -0.25) is 18.6 Å². The number of fused-ring (bicyclic) bond motifs is 1.